The van der Waals surface area contributed by atoms with Crippen LogP contribution in [0.3, 0.4) is 0 Å². The molecule has 0 saturated heterocycles. The number of carbonyl (C=O) groups is 2. The van der Waals surface area contributed by atoms with Crippen molar-refractivity contribution in [3.63, 3.8) is 0 Å². The van der Waals surface area contributed by atoms with Crippen LogP contribution in [0.4, 0.5) is 11.4 Å². The summed E-state index contributed by atoms with van der Waals surface area (Å²) in [5, 5.41) is 5.67. The van der Waals surface area contributed by atoms with Crippen molar-refractivity contribution in [1.29, 1.82) is 0 Å². The Bertz CT molecular complexity index is 1030. The molecule has 9 heteroatoms. The minimum absolute atomic E-state index is 0.00737. The van der Waals surface area contributed by atoms with Crippen LogP contribution in [0.1, 0.15) is 28.8 Å². The maximum Gasteiger partial charge on any atom is 0.255 e. The Labute approximate surface area is 176 Å². The standard InChI is InChI=1S/C21H25N3O5S/c1-14-3-8-17(23-20(25)15-4-5-15)13-19(14)24-21(26)16-6-9-18(10-7-16)30(27,28)22-11-12-29-2/h3,6-10,13,15,22H,4-5,11-12H2,1-2H3,(H,23,25)(H,24,26). The molecule has 2 aromatic carbocycles. The molecule has 2 aromatic rings. The highest BCUT2D eigenvalue weighted by Gasteiger charge is 2.29. The fraction of sp³-hybridized carbons (Fsp3) is 0.333. The lowest BCUT2D eigenvalue weighted by atomic mass is 10.1. The summed E-state index contributed by atoms with van der Waals surface area (Å²) in [5.74, 6) is -0.296. The monoisotopic (exact) mass is 431 g/mol. The average molecular weight is 432 g/mol. The van der Waals surface area contributed by atoms with Gasteiger partial charge in [-0.25, -0.2) is 13.1 Å². The van der Waals surface area contributed by atoms with Crippen molar-refractivity contribution >= 4 is 33.2 Å². The van der Waals surface area contributed by atoms with E-state index in [9.17, 15) is 18.0 Å². The maximum absolute atomic E-state index is 12.6. The van der Waals surface area contributed by atoms with E-state index < -0.39 is 10.0 Å². The highest BCUT2D eigenvalue weighted by Crippen LogP contribution is 2.31. The van der Waals surface area contributed by atoms with Gasteiger partial charge in [0.15, 0.2) is 0 Å². The van der Waals surface area contributed by atoms with Gasteiger partial charge in [-0.2, -0.15) is 0 Å². The fourth-order valence-electron chi connectivity index (χ4n) is 2.77. The quantitative estimate of drug-likeness (QED) is 0.528. The van der Waals surface area contributed by atoms with Crippen LogP contribution in [-0.4, -0.2) is 40.5 Å². The van der Waals surface area contributed by atoms with E-state index >= 15 is 0 Å². The second-order valence-corrected chi connectivity index (χ2v) is 8.93. The second kappa shape index (κ2) is 9.38. The van der Waals surface area contributed by atoms with Crippen LogP contribution in [-0.2, 0) is 19.6 Å². The van der Waals surface area contributed by atoms with Gasteiger partial charge in [0.1, 0.15) is 0 Å². The number of rotatable bonds is 9. The van der Waals surface area contributed by atoms with Crippen molar-refractivity contribution in [2.24, 2.45) is 5.92 Å². The van der Waals surface area contributed by atoms with Crippen LogP contribution in [0.5, 0.6) is 0 Å². The summed E-state index contributed by atoms with van der Waals surface area (Å²) < 4.78 is 31.6. The average Bonchev–Trinajstić information content (AvgIpc) is 3.56. The molecule has 1 aliphatic carbocycles. The molecular formula is C21H25N3O5S. The molecule has 0 heterocycles. The number of nitrogens with one attached hydrogen (secondary N) is 3. The van der Waals surface area contributed by atoms with E-state index in [4.69, 9.17) is 4.74 Å². The molecular weight excluding hydrogens is 406 g/mol. The van der Waals surface area contributed by atoms with Gasteiger partial charge in [0, 0.05) is 36.5 Å². The summed E-state index contributed by atoms with van der Waals surface area (Å²) >= 11 is 0. The number of hydrogen-bond donors (Lipinski definition) is 3. The number of ether oxygens (including phenoxy) is 1. The molecule has 160 valence electrons. The van der Waals surface area contributed by atoms with Gasteiger partial charge < -0.3 is 15.4 Å². The molecule has 3 N–H and O–H groups in total. The number of carbonyl (C=O) groups excluding carboxylic acids is 2. The Morgan fingerprint density at radius 3 is 2.40 bits per heavy atom. The Balaban J connectivity index is 1.67. The first-order valence-corrected chi connectivity index (χ1v) is 11.1. The molecule has 0 atom stereocenters. The minimum Gasteiger partial charge on any atom is -0.383 e. The SMILES string of the molecule is COCCNS(=O)(=O)c1ccc(C(=O)Nc2cc(NC(=O)C3CC3)ccc2C)cc1. The highest BCUT2D eigenvalue weighted by atomic mass is 32.2. The minimum atomic E-state index is -3.66. The van der Waals surface area contributed by atoms with Gasteiger partial charge in [-0.3, -0.25) is 9.59 Å². The fourth-order valence-corrected chi connectivity index (χ4v) is 3.78. The molecule has 0 spiro atoms. The smallest absolute Gasteiger partial charge is 0.255 e. The van der Waals surface area contributed by atoms with Gasteiger partial charge >= 0.3 is 0 Å². The molecule has 0 aliphatic heterocycles. The van der Waals surface area contributed by atoms with Crippen LogP contribution in [0.25, 0.3) is 0 Å². The summed E-state index contributed by atoms with van der Waals surface area (Å²) in [6.07, 6.45) is 1.82. The first-order chi connectivity index (χ1) is 14.3. The molecule has 0 bridgehead atoms. The Morgan fingerprint density at radius 1 is 1.07 bits per heavy atom. The molecule has 0 radical (unpaired) electrons. The number of benzene rings is 2. The lowest BCUT2D eigenvalue weighted by Crippen LogP contribution is -2.27. The second-order valence-electron chi connectivity index (χ2n) is 7.16. The Morgan fingerprint density at radius 2 is 1.77 bits per heavy atom. The van der Waals surface area contributed by atoms with Crippen LogP contribution < -0.4 is 15.4 Å². The number of anilines is 2. The molecule has 1 saturated carbocycles. The zero-order valence-electron chi connectivity index (χ0n) is 16.9. The third-order valence-electron chi connectivity index (χ3n) is 4.73. The van der Waals surface area contributed by atoms with Gasteiger partial charge in [-0.15, -0.1) is 0 Å². The van der Waals surface area contributed by atoms with Gasteiger partial charge in [-0.1, -0.05) is 6.07 Å². The maximum atomic E-state index is 12.6. The van der Waals surface area contributed by atoms with E-state index in [1.165, 1.54) is 31.4 Å². The lowest BCUT2D eigenvalue weighted by molar-refractivity contribution is -0.117. The van der Waals surface area contributed by atoms with Crippen molar-refractivity contribution in [3.05, 3.63) is 53.6 Å². The van der Waals surface area contributed by atoms with Crippen molar-refractivity contribution in [2.45, 2.75) is 24.7 Å². The van der Waals surface area contributed by atoms with E-state index in [1.807, 2.05) is 13.0 Å². The first-order valence-electron chi connectivity index (χ1n) is 9.61. The summed E-state index contributed by atoms with van der Waals surface area (Å²) in [6, 6.07) is 11.0. The normalized spacial score (nSPS) is 13.7. The largest absolute Gasteiger partial charge is 0.383 e. The van der Waals surface area contributed by atoms with E-state index in [1.54, 1.807) is 12.1 Å². The third-order valence-corrected chi connectivity index (χ3v) is 6.20. The molecule has 30 heavy (non-hydrogen) atoms. The van der Waals surface area contributed by atoms with Gasteiger partial charge in [0.25, 0.3) is 5.91 Å². The number of sulfonamides is 1. The van der Waals surface area contributed by atoms with Crippen molar-refractivity contribution < 1.29 is 22.7 Å². The number of hydrogen-bond acceptors (Lipinski definition) is 5. The van der Waals surface area contributed by atoms with Crippen LogP contribution >= 0.6 is 0 Å². The Kier molecular flexibility index (Phi) is 6.86. The predicted molar refractivity (Wildman–Crippen MR) is 114 cm³/mol. The zero-order chi connectivity index (χ0) is 21.7. The predicted octanol–water partition coefficient (Wildman–Crippen LogP) is 2.52. The molecule has 0 aromatic heterocycles. The van der Waals surface area contributed by atoms with Crippen LogP contribution in [0.2, 0.25) is 0 Å². The summed E-state index contributed by atoms with van der Waals surface area (Å²) in [4.78, 5) is 24.6. The van der Waals surface area contributed by atoms with Gasteiger partial charge in [-0.05, 0) is 61.7 Å². The lowest BCUT2D eigenvalue weighted by Gasteiger charge is -2.12. The Hall–Kier alpha value is -2.75. The van der Waals surface area contributed by atoms with E-state index in [0.29, 0.717) is 16.9 Å². The summed E-state index contributed by atoms with van der Waals surface area (Å²) in [6.45, 7) is 2.27. The molecule has 3 rings (SSSR count). The molecule has 1 aliphatic rings. The van der Waals surface area contributed by atoms with Gasteiger partial charge in [0.2, 0.25) is 15.9 Å². The van der Waals surface area contributed by atoms with Crippen molar-refractivity contribution in [3.8, 4) is 0 Å². The van der Waals surface area contributed by atoms with Crippen LogP contribution in [0, 0.1) is 12.8 Å². The zero-order valence-corrected chi connectivity index (χ0v) is 17.7. The van der Waals surface area contributed by atoms with E-state index in [2.05, 4.69) is 15.4 Å². The summed E-state index contributed by atoms with van der Waals surface area (Å²) in [7, 11) is -2.18. The first kappa shape index (κ1) is 21.9. The third kappa shape index (κ3) is 5.65. The molecule has 0 unspecified atom stereocenters. The van der Waals surface area contributed by atoms with Crippen molar-refractivity contribution in [1.82, 2.24) is 4.72 Å². The van der Waals surface area contributed by atoms with Gasteiger partial charge in [0.05, 0.1) is 11.5 Å². The number of methoxy groups -OCH3 is 1. The molecule has 2 amide bonds. The van der Waals surface area contributed by atoms with E-state index in [0.717, 1.165) is 18.4 Å². The highest BCUT2D eigenvalue weighted by molar-refractivity contribution is 7.89. The number of aryl methyl sites for hydroxylation is 1. The molecule has 8 nitrogen and oxygen atoms in total. The van der Waals surface area contributed by atoms with E-state index in [-0.39, 0.29) is 35.8 Å². The molecule has 1 fully saturated rings. The van der Waals surface area contributed by atoms with Crippen LogP contribution in [0.15, 0.2) is 47.4 Å². The summed E-state index contributed by atoms with van der Waals surface area (Å²) in [5.41, 5.74) is 2.36. The van der Waals surface area contributed by atoms with Crippen molar-refractivity contribution in [2.75, 3.05) is 30.9 Å². The topological polar surface area (TPSA) is 114 Å². The number of amides is 2.